The summed E-state index contributed by atoms with van der Waals surface area (Å²) in [7, 11) is 0. The van der Waals surface area contributed by atoms with Crippen molar-refractivity contribution < 1.29 is 4.79 Å². The van der Waals surface area contributed by atoms with Crippen LogP contribution in [0.5, 0.6) is 0 Å². The standard InChI is InChI=1S/C15H21ClN2OS/c1-10(20-3)7-8-18-14(17-11(2)15(18)19)12-5-4-6-13(16)9-12/h4-6,9-11,14,17H,7-8H2,1-3H3. The van der Waals surface area contributed by atoms with Gasteiger partial charge < -0.3 is 4.90 Å². The van der Waals surface area contributed by atoms with E-state index < -0.39 is 0 Å². The van der Waals surface area contributed by atoms with Crippen LogP contribution in [-0.2, 0) is 4.79 Å². The first-order valence-electron chi connectivity index (χ1n) is 6.87. The first-order valence-corrected chi connectivity index (χ1v) is 8.54. The number of hydrogen-bond acceptors (Lipinski definition) is 3. The van der Waals surface area contributed by atoms with Crippen molar-refractivity contribution in [2.75, 3.05) is 12.8 Å². The van der Waals surface area contributed by atoms with Crippen LogP contribution in [0.25, 0.3) is 0 Å². The van der Waals surface area contributed by atoms with Gasteiger partial charge >= 0.3 is 0 Å². The molecule has 2 rings (SSSR count). The Kier molecular flexibility index (Phi) is 5.35. The average molecular weight is 313 g/mol. The number of carbonyl (C=O) groups is 1. The van der Waals surface area contributed by atoms with Crippen molar-refractivity contribution in [3.63, 3.8) is 0 Å². The molecule has 1 N–H and O–H groups in total. The molecule has 1 aromatic rings. The molecule has 0 saturated carbocycles. The van der Waals surface area contributed by atoms with E-state index >= 15 is 0 Å². The molecule has 110 valence electrons. The third-order valence-electron chi connectivity index (χ3n) is 3.72. The van der Waals surface area contributed by atoms with Gasteiger partial charge in [0.2, 0.25) is 5.91 Å². The lowest BCUT2D eigenvalue weighted by Gasteiger charge is -2.25. The highest BCUT2D eigenvalue weighted by atomic mass is 35.5. The largest absolute Gasteiger partial charge is 0.322 e. The van der Waals surface area contributed by atoms with Gasteiger partial charge in [-0.15, -0.1) is 0 Å². The Morgan fingerprint density at radius 2 is 2.25 bits per heavy atom. The van der Waals surface area contributed by atoms with E-state index in [2.05, 4.69) is 18.5 Å². The molecule has 1 saturated heterocycles. The maximum absolute atomic E-state index is 12.3. The summed E-state index contributed by atoms with van der Waals surface area (Å²) < 4.78 is 0. The van der Waals surface area contributed by atoms with Crippen molar-refractivity contribution in [3.8, 4) is 0 Å². The molecule has 3 unspecified atom stereocenters. The van der Waals surface area contributed by atoms with E-state index in [1.165, 1.54) is 0 Å². The van der Waals surface area contributed by atoms with Crippen LogP contribution in [0, 0.1) is 0 Å². The smallest absolute Gasteiger partial charge is 0.241 e. The molecule has 1 heterocycles. The third-order valence-corrected chi connectivity index (χ3v) is 4.99. The Morgan fingerprint density at radius 3 is 2.90 bits per heavy atom. The molecule has 5 heteroatoms. The summed E-state index contributed by atoms with van der Waals surface area (Å²) in [4.78, 5) is 14.2. The Balaban J connectivity index is 2.15. The van der Waals surface area contributed by atoms with Crippen LogP contribution in [0.4, 0.5) is 0 Å². The fourth-order valence-electron chi connectivity index (χ4n) is 2.40. The SMILES string of the molecule is CSC(C)CCN1C(=O)C(C)NC1c1cccc(Cl)c1. The van der Waals surface area contributed by atoms with Crippen LogP contribution < -0.4 is 5.32 Å². The zero-order chi connectivity index (χ0) is 14.7. The number of amides is 1. The number of nitrogens with one attached hydrogen (secondary N) is 1. The number of thioether (sulfide) groups is 1. The monoisotopic (exact) mass is 312 g/mol. The summed E-state index contributed by atoms with van der Waals surface area (Å²) in [5.41, 5.74) is 1.05. The first kappa shape index (κ1) is 15.7. The Morgan fingerprint density at radius 1 is 1.50 bits per heavy atom. The fourth-order valence-corrected chi connectivity index (χ4v) is 2.94. The van der Waals surface area contributed by atoms with E-state index in [4.69, 9.17) is 11.6 Å². The zero-order valence-corrected chi connectivity index (χ0v) is 13.7. The number of rotatable bonds is 5. The lowest BCUT2D eigenvalue weighted by Crippen LogP contribution is -2.32. The maximum Gasteiger partial charge on any atom is 0.241 e. The minimum atomic E-state index is -0.136. The molecular formula is C15H21ClN2OS. The third kappa shape index (κ3) is 3.48. The van der Waals surface area contributed by atoms with Crippen molar-refractivity contribution >= 4 is 29.3 Å². The zero-order valence-electron chi connectivity index (χ0n) is 12.1. The molecular weight excluding hydrogens is 292 g/mol. The lowest BCUT2D eigenvalue weighted by molar-refractivity contribution is -0.129. The van der Waals surface area contributed by atoms with Crippen LogP contribution in [0.3, 0.4) is 0 Å². The van der Waals surface area contributed by atoms with Crippen molar-refractivity contribution in [1.29, 1.82) is 0 Å². The van der Waals surface area contributed by atoms with Gasteiger partial charge in [-0.25, -0.2) is 0 Å². The molecule has 1 fully saturated rings. The van der Waals surface area contributed by atoms with E-state index in [9.17, 15) is 4.79 Å². The van der Waals surface area contributed by atoms with Gasteiger partial charge in [0.05, 0.1) is 6.04 Å². The molecule has 1 aromatic carbocycles. The topological polar surface area (TPSA) is 32.3 Å². The van der Waals surface area contributed by atoms with Crippen LogP contribution in [0.1, 0.15) is 32.0 Å². The van der Waals surface area contributed by atoms with E-state index in [0.717, 1.165) is 18.5 Å². The summed E-state index contributed by atoms with van der Waals surface area (Å²) in [5, 5.41) is 4.61. The van der Waals surface area contributed by atoms with Gasteiger partial charge in [-0.2, -0.15) is 11.8 Å². The number of hydrogen-bond donors (Lipinski definition) is 1. The van der Waals surface area contributed by atoms with Gasteiger partial charge in [-0.05, 0) is 37.3 Å². The Hall–Kier alpha value is -0.710. The van der Waals surface area contributed by atoms with Gasteiger partial charge in [-0.1, -0.05) is 30.7 Å². The highest BCUT2D eigenvalue weighted by molar-refractivity contribution is 7.99. The summed E-state index contributed by atoms with van der Waals surface area (Å²) in [6.45, 7) is 4.88. The van der Waals surface area contributed by atoms with E-state index in [1.807, 2.05) is 47.9 Å². The van der Waals surface area contributed by atoms with E-state index in [1.54, 1.807) is 0 Å². The second kappa shape index (κ2) is 6.83. The molecule has 0 bridgehead atoms. The maximum atomic E-state index is 12.3. The Bertz CT molecular complexity index is 483. The minimum absolute atomic E-state index is 0.0646. The predicted molar refractivity (Wildman–Crippen MR) is 86.1 cm³/mol. The molecule has 3 atom stereocenters. The number of benzene rings is 1. The number of carbonyl (C=O) groups excluding carboxylic acids is 1. The molecule has 0 spiro atoms. The molecule has 1 amide bonds. The molecule has 0 radical (unpaired) electrons. The molecule has 20 heavy (non-hydrogen) atoms. The summed E-state index contributed by atoms with van der Waals surface area (Å²) in [5.74, 6) is 0.170. The number of nitrogens with zero attached hydrogens (tertiary/aromatic N) is 1. The Labute approximate surface area is 130 Å². The normalized spacial score (nSPS) is 24.2. The van der Waals surface area contributed by atoms with Gasteiger partial charge in [0.25, 0.3) is 0 Å². The van der Waals surface area contributed by atoms with Gasteiger partial charge in [0.1, 0.15) is 6.17 Å². The minimum Gasteiger partial charge on any atom is -0.322 e. The van der Waals surface area contributed by atoms with Gasteiger partial charge in [0, 0.05) is 16.8 Å². The quantitative estimate of drug-likeness (QED) is 0.905. The fraction of sp³-hybridized carbons (Fsp3) is 0.533. The first-order chi connectivity index (χ1) is 9.52. The predicted octanol–water partition coefficient (Wildman–Crippen LogP) is 3.30. The second-order valence-electron chi connectivity index (χ2n) is 5.21. The summed E-state index contributed by atoms with van der Waals surface area (Å²) in [6.07, 6.45) is 3.04. The van der Waals surface area contributed by atoms with Crippen LogP contribution in [0.15, 0.2) is 24.3 Å². The summed E-state index contributed by atoms with van der Waals surface area (Å²) in [6, 6.07) is 7.58. The highest BCUT2D eigenvalue weighted by Gasteiger charge is 2.36. The highest BCUT2D eigenvalue weighted by Crippen LogP contribution is 2.28. The molecule has 0 aliphatic carbocycles. The van der Waals surface area contributed by atoms with Gasteiger partial charge in [-0.3, -0.25) is 10.1 Å². The number of halogens is 1. The molecule has 0 aromatic heterocycles. The second-order valence-corrected chi connectivity index (χ2v) is 6.93. The van der Waals surface area contributed by atoms with Crippen LogP contribution in [0.2, 0.25) is 5.02 Å². The molecule has 3 nitrogen and oxygen atoms in total. The van der Waals surface area contributed by atoms with Gasteiger partial charge in [0.15, 0.2) is 0 Å². The van der Waals surface area contributed by atoms with E-state index in [-0.39, 0.29) is 18.1 Å². The van der Waals surface area contributed by atoms with Crippen molar-refractivity contribution in [3.05, 3.63) is 34.9 Å². The average Bonchev–Trinajstić information content (AvgIpc) is 2.72. The van der Waals surface area contributed by atoms with Crippen molar-refractivity contribution in [2.45, 2.75) is 37.7 Å². The molecule has 1 aliphatic heterocycles. The summed E-state index contributed by atoms with van der Waals surface area (Å²) >= 11 is 7.89. The van der Waals surface area contributed by atoms with E-state index in [0.29, 0.717) is 10.3 Å². The van der Waals surface area contributed by atoms with Crippen LogP contribution >= 0.6 is 23.4 Å². The van der Waals surface area contributed by atoms with Crippen molar-refractivity contribution in [1.82, 2.24) is 10.2 Å². The van der Waals surface area contributed by atoms with Crippen LogP contribution in [-0.4, -0.2) is 34.9 Å². The van der Waals surface area contributed by atoms with Crippen molar-refractivity contribution in [2.24, 2.45) is 0 Å². The molecule has 1 aliphatic rings. The lowest BCUT2D eigenvalue weighted by atomic mass is 10.1.